The molecule has 3 amide bonds. The standard InChI is InChI=1S/C7H10F3N3O2/c1-12-3-5(14)13(6(12)15)4(2-11)7(8,9)10/h4H,2-3,11H2,1H3. The van der Waals surface area contributed by atoms with Crippen molar-refractivity contribution in [2.45, 2.75) is 12.2 Å². The smallest absolute Gasteiger partial charge is 0.328 e. The highest BCUT2D eigenvalue weighted by atomic mass is 19.4. The highest BCUT2D eigenvalue weighted by Gasteiger charge is 2.50. The molecular formula is C7H10F3N3O2. The second-order valence-electron chi connectivity index (χ2n) is 3.20. The third-order valence-electron chi connectivity index (χ3n) is 2.09. The first-order valence-corrected chi connectivity index (χ1v) is 4.13. The van der Waals surface area contributed by atoms with Gasteiger partial charge in [-0.1, -0.05) is 0 Å². The lowest BCUT2D eigenvalue weighted by Crippen LogP contribution is -2.53. The minimum atomic E-state index is -4.69. The van der Waals surface area contributed by atoms with Gasteiger partial charge in [0.1, 0.15) is 12.6 Å². The van der Waals surface area contributed by atoms with Crippen molar-refractivity contribution in [3.63, 3.8) is 0 Å². The maximum atomic E-state index is 12.4. The van der Waals surface area contributed by atoms with Crippen LogP contribution in [0.3, 0.4) is 0 Å². The van der Waals surface area contributed by atoms with E-state index in [0.717, 1.165) is 4.90 Å². The molecule has 86 valence electrons. The first kappa shape index (κ1) is 11.8. The summed E-state index contributed by atoms with van der Waals surface area (Å²) in [5, 5.41) is 0. The fourth-order valence-electron chi connectivity index (χ4n) is 1.33. The minimum absolute atomic E-state index is 0.167. The van der Waals surface area contributed by atoms with Gasteiger partial charge < -0.3 is 10.6 Å². The number of carbonyl (C=O) groups excluding carboxylic acids is 2. The van der Waals surface area contributed by atoms with E-state index in [1.54, 1.807) is 0 Å². The van der Waals surface area contributed by atoms with E-state index in [-0.39, 0.29) is 11.4 Å². The number of nitrogens with zero attached hydrogens (tertiary/aromatic N) is 2. The molecule has 1 atom stereocenters. The van der Waals surface area contributed by atoms with Crippen LogP contribution in [-0.2, 0) is 4.79 Å². The van der Waals surface area contributed by atoms with Crippen LogP contribution >= 0.6 is 0 Å². The summed E-state index contributed by atoms with van der Waals surface area (Å²) in [7, 11) is 1.25. The van der Waals surface area contributed by atoms with Gasteiger partial charge in [0, 0.05) is 13.6 Å². The van der Waals surface area contributed by atoms with Crippen molar-refractivity contribution in [2.24, 2.45) is 5.73 Å². The van der Waals surface area contributed by atoms with Crippen molar-refractivity contribution >= 4 is 11.9 Å². The minimum Gasteiger partial charge on any atom is -0.328 e. The molecule has 1 heterocycles. The molecule has 1 aliphatic heterocycles. The number of hydrogen-bond donors (Lipinski definition) is 1. The van der Waals surface area contributed by atoms with Gasteiger partial charge in [-0.05, 0) is 0 Å². The van der Waals surface area contributed by atoms with Gasteiger partial charge in [-0.3, -0.25) is 4.79 Å². The summed E-state index contributed by atoms with van der Waals surface area (Å²) in [6.07, 6.45) is -4.69. The van der Waals surface area contributed by atoms with Gasteiger partial charge in [-0.15, -0.1) is 0 Å². The van der Waals surface area contributed by atoms with Crippen LogP contribution in [0.25, 0.3) is 0 Å². The van der Waals surface area contributed by atoms with E-state index in [0.29, 0.717) is 0 Å². The zero-order valence-corrected chi connectivity index (χ0v) is 7.91. The molecule has 0 aliphatic carbocycles. The molecule has 1 rings (SSSR count). The van der Waals surface area contributed by atoms with Crippen LogP contribution in [0.15, 0.2) is 0 Å². The number of carbonyl (C=O) groups is 2. The molecule has 1 saturated heterocycles. The number of alkyl halides is 3. The van der Waals surface area contributed by atoms with E-state index >= 15 is 0 Å². The molecule has 1 aliphatic rings. The molecule has 0 aromatic rings. The zero-order valence-electron chi connectivity index (χ0n) is 7.91. The Kier molecular flexibility index (Phi) is 2.89. The third kappa shape index (κ3) is 2.04. The van der Waals surface area contributed by atoms with Crippen LogP contribution < -0.4 is 5.73 Å². The van der Waals surface area contributed by atoms with Crippen LogP contribution in [-0.4, -0.2) is 54.1 Å². The number of urea groups is 1. The number of rotatable bonds is 2. The SMILES string of the molecule is CN1CC(=O)N(C(CN)C(F)(F)F)C1=O. The van der Waals surface area contributed by atoms with Crippen LogP contribution in [0.4, 0.5) is 18.0 Å². The summed E-state index contributed by atoms with van der Waals surface area (Å²) in [4.78, 5) is 23.5. The van der Waals surface area contributed by atoms with E-state index in [9.17, 15) is 22.8 Å². The molecule has 1 fully saturated rings. The van der Waals surface area contributed by atoms with Crippen molar-refractivity contribution < 1.29 is 22.8 Å². The summed E-state index contributed by atoms with van der Waals surface area (Å²) >= 11 is 0. The van der Waals surface area contributed by atoms with E-state index in [4.69, 9.17) is 5.73 Å². The van der Waals surface area contributed by atoms with E-state index in [1.165, 1.54) is 7.05 Å². The molecule has 0 aromatic heterocycles. The number of amides is 3. The second kappa shape index (κ2) is 3.69. The van der Waals surface area contributed by atoms with Crippen molar-refractivity contribution in [1.29, 1.82) is 0 Å². The Morgan fingerprint density at radius 1 is 1.47 bits per heavy atom. The zero-order chi connectivity index (χ0) is 11.8. The molecule has 2 N–H and O–H groups in total. The molecule has 8 heteroatoms. The van der Waals surface area contributed by atoms with Crippen molar-refractivity contribution in [3.05, 3.63) is 0 Å². The number of likely N-dealkylation sites (N-methyl/N-ethyl adjacent to an activating group) is 1. The largest absolute Gasteiger partial charge is 0.410 e. The van der Waals surface area contributed by atoms with Crippen LogP contribution in [0.2, 0.25) is 0 Å². The van der Waals surface area contributed by atoms with Crippen molar-refractivity contribution in [1.82, 2.24) is 9.80 Å². The first-order chi connectivity index (χ1) is 6.79. The monoisotopic (exact) mass is 225 g/mol. The van der Waals surface area contributed by atoms with E-state index in [2.05, 4.69) is 0 Å². The van der Waals surface area contributed by atoms with Crippen LogP contribution in [0.5, 0.6) is 0 Å². The Morgan fingerprint density at radius 3 is 2.27 bits per heavy atom. The predicted octanol–water partition coefficient (Wildman–Crippen LogP) is -0.230. The lowest BCUT2D eigenvalue weighted by molar-refractivity contribution is -0.177. The van der Waals surface area contributed by atoms with Crippen molar-refractivity contribution in [3.8, 4) is 0 Å². The number of nitrogens with two attached hydrogens (primary N) is 1. The molecule has 0 saturated carbocycles. The van der Waals surface area contributed by atoms with Gasteiger partial charge in [0.2, 0.25) is 0 Å². The average molecular weight is 225 g/mol. The summed E-state index contributed by atoms with van der Waals surface area (Å²) < 4.78 is 37.2. The quantitative estimate of drug-likeness (QED) is 0.660. The normalized spacial score (nSPS) is 20.1. The Balaban J connectivity index is 2.95. The molecule has 0 bridgehead atoms. The number of hydrogen-bond acceptors (Lipinski definition) is 3. The first-order valence-electron chi connectivity index (χ1n) is 4.13. The topological polar surface area (TPSA) is 66.6 Å². The lowest BCUT2D eigenvalue weighted by atomic mass is 10.2. The Morgan fingerprint density at radius 2 is 2.00 bits per heavy atom. The van der Waals surface area contributed by atoms with Gasteiger partial charge in [-0.25, -0.2) is 9.69 Å². The average Bonchev–Trinajstić information content (AvgIpc) is 2.30. The summed E-state index contributed by atoms with van der Waals surface area (Å²) in [5.41, 5.74) is 4.92. The van der Waals surface area contributed by atoms with Crippen LogP contribution in [0, 0.1) is 0 Å². The third-order valence-corrected chi connectivity index (χ3v) is 2.09. The molecule has 0 aromatic carbocycles. The van der Waals surface area contributed by atoms with Gasteiger partial charge in [-0.2, -0.15) is 13.2 Å². The lowest BCUT2D eigenvalue weighted by Gasteiger charge is -2.26. The van der Waals surface area contributed by atoms with Gasteiger partial charge in [0.05, 0.1) is 0 Å². The molecular weight excluding hydrogens is 215 g/mol. The molecule has 0 spiro atoms. The maximum absolute atomic E-state index is 12.4. The Bertz CT molecular complexity index is 292. The predicted molar refractivity (Wildman–Crippen MR) is 43.8 cm³/mol. The number of halogens is 3. The molecule has 1 unspecified atom stereocenters. The number of imide groups is 1. The van der Waals surface area contributed by atoms with Crippen molar-refractivity contribution in [2.75, 3.05) is 20.1 Å². The van der Waals surface area contributed by atoms with Crippen LogP contribution in [0.1, 0.15) is 0 Å². The molecule has 0 radical (unpaired) electrons. The van der Waals surface area contributed by atoms with Gasteiger partial charge in [0.15, 0.2) is 0 Å². The Hall–Kier alpha value is -1.31. The van der Waals surface area contributed by atoms with E-state index < -0.39 is 30.7 Å². The van der Waals surface area contributed by atoms with E-state index in [1.807, 2.05) is 0 Å². The second-order valence-corrected chi connectivity index (χ2v) is 3.20. The van der Waals surface area contributed by atoms with Gasteiger partial charge >= 0.3 is 12.2 Å². The highest BCUT2D eigenvalue weighted by Crippen LogP contribution is 2.27. The maximum Gasteiger partial charge on any atom is 0.410 e. The molecule has 15 heavy (non-hydrogen) atoms. The summed E-state index contributed by atoms with van der Waals surface area (Å²) in [6.45, 7) is -1.17. The molecule has 5 nitrogen and oxygen atoms in total. The Labute approximate surface area is 83.6 Å². The summed E-state index contributed by atoms with van der Waals surface area (Å²) in [5.74, 6) is -0.879. The summed E-state index contributed by atoms with van der Waals surface area (Å²) in [6, 6.07) is -3.20. The van der Waals surface area contributed by atoms with Gasteiger partial charge in [0.25, 0.3) is 5.91 Å². The fraction of sp³-hybridized carbons (Fsp3) is 0.714. The fourth-order valence-corrected chi connectivity index (χ4v) is 1.33. The highest BCUT2D eigenvalue weighted by molar-refractivity contribution is 6.02.